The number of para-hydroxylation sites is 1. The fraction of sp³-hybridized carbons (Fsp3) is 0.588. The van der Waals surface area contributed by atoms with Crippen LogP contribution in [0.3, 0.4) is 0 Å². The molecule has 0 spiro atoms. The molecule has 2 N–H and O–H groups in total. The van der Waals surface area contributed by atoms with Crippen molar-refractivity contribution in [2.45, 2.75) is 45.3 Å². The van der Waals surface area contributed by atoms with E-state index < -0.39 is 5.60 Å². The van der Waals surface area contributed by atoms with Crippen molar-refractivity contribution in [3.8, 4) is 5.75 Å². The van der Waals surface area contributed by atoms with Gasteiger partial charge < -0.3 is 20.1 Å². The van der Waals surface area contributed by atoms with Crippen molar-refractivity contribution >= 4 is 6.09 Å². The van der Waals surface area contributed by atoms with E-state index in [9.17, 15) is 4.79 Å². The first-order valence-corrected chi connectivity index (χ1v) is 7.82. The maximum absolute atomic E-state index is 12.0. The minimum absolute atomic E-state index is 0.00328. The first-order chi connectivity index (χ1) is 10.4. The zero-order valence-corrected chi connectivity index (χ0v) is 13.8. The summed E-state index contributed by atoms with van der Waals surface area (Å²) in [4.78, 5) is 12.0. The van der Waals surface area contributed by atoms with E-state index >= 15 is 0 Å². The molecule has 0 unspecified atom stereocenters. The second-order valence-corrected chi connectivity index (χ2v) is 6.49. The molecular weight excluding hydrogens is 280 g/mol. The topological polar surface area (TPSA) is 59.6 Å². The predicted molar refractivity (Wildman–Crippen MR) is 86.4 cm³/mol. The summed E-state index contributed by atoms with van der Waals surface area (Å²) < 4.78 is 11.1. The van der Waals surface area contributed by atoms with Gasteiger partial charge in [0.2, 0.25) is 0 Å². The van der Waals surface area contributed by atoms with Crippen molar-refractivity contribution in [2.75, 3.05) is 19.7 Å². The van der Waals surface area contributed by atoms with Crippen LogP contribution in [0.25, 0.3) is 0 Å². The Balaban J connectivity index is 2.09. The number of ether oxygens (including phenoxy) is 2. The molecule has 1 saturated heterocycles. The van der Waals surface area contributed by atoms with Gasteiger partial charge in [0.25, 0.3) is 0 Å². The summed E-state index contributed by atoms with van der Waals surface area (Å²) in [6, 6.07) is 8.00. The molecule has 2 atom stereocenters. The van der Waals surface area contributed by atoms with Crippen LogP contribution < -0.4 is 15.4 Å². The molecule has 0 aliphatic carbocycles. The smallest absolute Gasteiger partial charge is 0.407 e. The van der Waals surface area contributed by atoms with Gasteiger partial charge in [-0.25, -0.2) is 4.79 Å². The van der Waals surface area contributed by atoms with Crippen LogP contribution in [-0.2, 0) is 4.74 Å². The Morgan fingerprint density at radius 2 is 2.05 bits per heavy atom. The molecule has 5 heteroatoms. The third-order valence-corrected chi connectivity index (χ3v) is 3.53. The number of alkyl carbamates (subject to hydrolysis) is 1. The average molecular weight is 306 g/mol. The summed E-state index contributed by atoms with van der Waals surface area (Å²) in [5, 5.41) is 6.31. The van der Waals surface area contributed by atoms with Crippen LogP contribution >= 0.6 is 0 Å². The van der Waals surface area contributed by atoms with E-state index in [4.69, 9.17) is 9.47 Å². The van der Waals surface area contributed by atoms with E-state index in [-0.39, 0.29) is 18.1 Å². The van der Waals surface area contributed by atoms with Crippen LogP contribution in [0.15, 0.2) is 24.3 Å². The van der Waals surface area contributed by atoms with E-state index in [1.165, 1.54) is 0 Å². The first kappa shape index (κ1) is 16.6. The van der Waals surface area contributed by atoms with Gasteiger partial charge in [-0.15, -0.1) is 0 Å². The second kappa shape index (κ2) is 7.01. The summed E-state index contributed by atoms with van der Waals surface area (Å²) in [6.07, 6.45) is -0.375. The number of carbonyl (C=O) groups excluding carboxylic acids is 1. The maximum Gasteiger partial charge on any atom is 0.407 e. The van der Waals surface area contributed by atoms with Gasteiger partial charge in [-0.3, -0.25) is 0 Å². The van der Waals surface area contributed by atoms with Crippen LogP contribution in [0.2, 0.25) is 0 Å². The highest BCUT2D eigenvalue weighted by molar-refractivity contribution is 5.68. The van der Waals surface area contributed by atoms with Crippen molar-refractivity contribution in [1.29, 1.82) is 0 Å². The molecule has 0 saturated carbocycles. The van der Waals surface area contributed by atoms with Gasteiger partial charge in [0, 0.05) is 24.6 Å². The molecule has 122 valence electrons. The first-order valence-electron chi connectivity index (χ1n) is 7.82. The van der Waals surface area contributed by atoms with Crippen molar-refractivity contribution < 1.29 is 14.3 Å². The number of hydrogen-bond donors (Lipinski definition) is 2. The molecule has 22 heavy (non-hydrogen) atoms. The molecule has 1 aliphatic rings. The lowest BCUT2D eigenvalue weighted by molar-refractivity contribution is 0.0504. The van der Waals surface area contributed by atoms with E-state index in [0.717, 1.165) is 24.4 Å². The Bertz CT molecular complexity index is 511. The largest absolute Gasteiger partial charge is 0.494 e. The molecule has 1 aromatic carbocycles. The third kappa shape index (κ3) is 4.37. The van der Waals surface area contributed by atoms with E-state index in [2.05, 4.69) is 16.7 Å². The van der Waals surface area contributed by atoms with Gasteiger partial charge >= 0.3 is 6.09 Å². The highest BCUT2D eigenvalue weighted by Gasteiger charge is 2.32. The lowest BCUT2D eigenvalue weighted by atomic mass is 9.93. The number of rotatable bonds is 4. The van der Waals surface area contributed by atoms with Gasteiger partial charge in [-0.05, 0) is 33.8 Å². The Morgan fingerprint density at radius 1 is 1.32 bits per heavy atom. The van der Waals surface area contributed by atoms with Crippen molar-refractivity contribution in [1.82, 2.24) is 10.6 Å². The average Bonchev–Trinajstić information content (AvgIpc) is 2.85. The van der Waals surface area contributed by atoms with Crippen molar-refractivity contribution in [3.63, 3.8) is 0 Å². The second-order valence-electron chi connectivity index (χ2n) is 6.49. The zero-order valence-electron chi connectivity index (χ0n) is 13.8. The van der Waals surface area contributed by atoms with E-state index in [1.807, 2.05) is 45.9 Å². The molecule has 1 amide bonds. The molecule has 5 nitrogen and oxygen atoms in total. The van der Waals surface area contributed by atoms with Gasteiger partial charge in [0.1, 0.15) is 11.4 Å². The van der Waals surface area contributed by atoms with E-state index in [1.54, 1.807) is 0 Å². The van der Waals surface area contributed by atoms with Gasteiger partial charge in [-0.2, -0.15) is 0 Å². The van der Waals surface area contributed by atoms with Crippen LogP contribution in [0.4, 0.5) is 4.79 Å². The SMILES string of the molecule is CCOc1ccccc1[C@H]1CNC[C@H]1NC(=O)OC(C)(C)C. The molecule has 0 bridgehead atoms. The van der Waals surface area contributed by atoms with Gasteiger partial charge in [-0.1, -0.05) is 18.2 Å². The van der Waals surface area contributed by atoms with Crippen LogP contribution in [-0.4, -0.2) is 37.4 Å². The molecule has 0 aromatic heterocycles. The molecule has 2 rings (SSSR count). The fourth-order valence-electron chi connectivity index (χ4n) is 2.69. The van der Waals surface area contributed by atoms with Crippen LogP contribution in [0.1, 0.15) is 39.2 Å². The molecular formula is C17H26N2O3. The number of benzene rings is 1. The number of hydrogen-bond acceptors (Lipinski definition) is 4. The van der Waals surface area contributed by atoms with Gasteiger partial charge in [0.15, 0.2) is 0 Å². The zero-order chi connectivity index (χ0) is 16.2. The Labute approximate surface area is 132 Å². The van der Waals surface area contributed by atoms with Gasteiger partial charge in [0.05, 0.1) is 12.6 Å². The quantitative estimate of drug-likeness (QED) is 0.898. The molecule has 0 radical (unpaired) electrons. The molecule has 1 aliphatic heterocycles. The standard InChI is InChI=1S/C17H26N2O3/c1-5-21-15-9-7-6-8-12(15)13-10-18-11-14(13)19-16(20)22-17(2,3)4/h6-9,13-14,18H,5,10-11H2,1-4H3,(H,19,20)/t13-,14-/m1/s1. The summed E-state index contributed by atoms with van der Waals surface area (Å²) >= 11 is 0. The van der Waals surface area contributed by atoms with Crippen LogP contribution in [0.5, 0.6) is 5.75 Å². The lowest BCUT2D eigenvalue weighted by Crippen LogP contribution is -2.42. The Hall–Kier alpha value is -1.75. The normalized spacial score (nSPS) is 21.5. The molecule has 1 heterocycles. The predicted octanol–water partition coefficient (Wildman–Crippen LogP) is 2.67. The highest BCUT2D eigenvalue weighted by Crippen LogP contribution is 2.31. The lowest BCUT2D eigenvalue weighted by Gasteiger charge is -2.25. The monoisotopic (exact) mass is 306 g/mol. The van der Waals surface area contributed by atoms with Crippen molar-refractivity contribution in [2.24, 2.45) is 0 Å². The third-order valence-electron chi connectivity index (χ3n) is 3.53. The van der Waals surface area contributed by atoms with Crippen molar-refractivity contribution in [3.05, 3.63) is 29.8 Å². The Kier molecular flexibility index (Phi) is 5.29. The Morgan fingerprint density at radius 3 is 2.73 bits per heavy atom. The molecule has 1 fully saturated rings. The number of carbonyl (C=O) groups is 1. The summed E-state index contributed by atoms with van der Waals surface area (Å²) in [6.45, 7) is 9.72. The maximum atomic E-state index is 12.0. The molecule has 1 aromatic rings. The minimum Gasteiger partial charge on any atom is -0.494 e. The fourth-order valence-corrected chi connectivity index (χ4v) is 2.69. The summed E-state index contributed by atoms with van der Waals surface area (Å²) in [5.41, 5.74) is 0.630. The minimum atomic E-state index is -0.491. The highest BCUT2D eigenvalue weighted by atomic mass is 16.6. The number of amides is 1. The van der Waals surface area contributed by atoms with E-state index in [0.29, 0.717) is 6.61 Å². The van der Waals surface area contributed by atoms with Crippen LogP contribution in [0, 0.1) is 0 Å². The summed E-state index contributed by atoms with van der Waals surface area (Å²) in [5.74, 6) is 1.06. The number of nitrogens with one attached hydrogen (secondary N) is 2. The summed E-state index contributed by atoms with van der Waals surface area (Å²) in [7, 11) is 0.